The van der Waals surface area contributed by atoms with Crippen LogP contribution in [0.4, 0.5) is 13.2 Å². The third kappa shape index (κ3) is 6.03. The molecule has 0 radical (unpaired) electrons. The van der Waals surface area contributed by atoms with Gasteiger partial charge < -0.3 is 10.4 Å². The summed E-state index contributed by atoms with van der Waals surface area (Å²) in [4.78, 5) is 21.5. The number of alkyl halides is 3. The number of fused-ring (bicyclic) bond motifs is 1. The van der Waals surface area contributed by atoms with Crippen LogP contribution in [0.25, 0.3) is 5.95 Å². The fourth-order valence-electron chi connectivity index (χ4n) is 5.20. The monoisotopic (exact) mass is 569 g/mol. The summed E-state index contributed by atoms with van der Waals surface area (Å²) in [6.07, 6.45) is -0.218. The molecular weight excluding hydrogens is 543 g/mol. The normalized spacial score (nSPS) is 16.2. The summed E-state index contributed by atoms with van der Waals surface area (Å²) in [5.74, 6) is -0.968. The number of carbonyl (C=O) groups is 1. The number of aliphatic hydroxyl groups is 1. The molecule has 0 spiro atoms. The highest BCUT2D eigenvalue weighted by Crippen LogP contribution is 2.37. The summed E-state index contributed by atoms with van der Waals surface area (Å²) in [5, 5.41) is 17.9. The molecule has 2 aromatic heterocycles. The van der Waals surface area contributed by atoms with Crippen LogP contribution in [0.1, 0.15) is 69.8 Å². The second kappa shape index (κ2) is 11.8. The van der Waals surface area contributed by atoms with E-state index in [1.165, 1.54) is 4.68 Å². The number of hydrogen-bond donors (Lipinski definition) is 2. The summed E-state index contributed by atoms with van der Waals surface area (Å²) in [7, 11) is 0. The number of aliphatic hydroxyl groups excluding tert-OH is 1. The van der Waals surface area contributed by atoms with Gasteiger partial charge in [-0.2, -0.15) is 18.3 Å². The van der Waals surface area contributed by atoms with E-state index < -0.39 is 23.8 Å². The highest BCUT2D eigenvalue weighted by Gasteiger charge is 2.35. The van der Waals surface area contributed by atoms with Crippen molar-refractivity contribution in [3.63, 3.8) is 0 Å². The van der Waals surface area contributed by atoms with Crippen LogP contribution in [0.5, 0.6) is 0 Å². The number of rotatable bonds is 7. The van der Waals surface area contributed by atoms with Crippen LogP contribution < -0.4 is 5.32 Å². The van der Waals surface area contributed by atoms with Gasteiger partial charge >= 0.3 is 6.18 Å². The SMILES string of the molecule is O=C(N[C@@H](CO)c1ccccc1)c1nn(-c2nccc(C(F)(F)F)n2)c2c1CCCCC2Cc1cccc(Cl)c1. The van der Waals surface area contributed by atoms with Crippen LogP contribution >= 0.6 is 11.6 Å². The number of carbonyl (C=O) groups excluding carboxylic acids is 1. The molecule has 2 heterocycles. The van der Waals surface area contributed by atoms with Gasteiger partial charge in [0.25, 0.3) is 11.9 Å². The van der Waals surface area contributed by atoms with Gasteiger partial charge in [0.1, 0.15) is 5.69 Å². The van der Waals surface area contributed by atoms with Gasteiger partial charge in [0, 0.05) is 22.7 Å². The molecule has 2 aromatic carbocycles. The van der Waals surface area contributed by atoms with Crippen molar-refractivity contribution in [1.29, 1.82) is 0 Å². The predicted molar refractivity (Wildman–Crippen MR) is 143 cm³/mol. The quantitative estimate of drug-likeness (QED) is 0.272. The third-order valence-corrected chi connectivity index (χ3v) is 7.27. The summed E-state index contributed by atoms with van der Waals surface area (Å²) in [6, 6.07) is 16.5. The Morgan fingerprint density at radius 3 is 2.65 bits per heavy atom. The molecule has 40 heavy (non-hydrogen) atoms. The molecule has 0 saturated carbocycles. The Morgan fingerprint density at radius 2 is 1.93 bits per heavy atom. The lowest BCUT2D eigenvalue weighted by atomic mass is 9.91. The highest BCUT2D eigenvalue weighted by molar-refractivity contribution is 6.30. The van der Waals surface area contributed by atoms with Crippen molar-refractivity contribution in [2.45, 2.75) is 50.2 Å². The predicted octanol–water partition coefficient (Wildman–Crippen LogP) is 5.85. The van der Waals surface area contributed by atoms with Crippen LogP contribution in [-0.2, 0) is 19.0 Å². The van der Waals surface area contributed by atoms with E-state index in [2.05, 4.69) is 20.4 Å². The van der Waals surface area contributed by atoms with Crippen molar-refractivity contribution < 1.29 is 23.1 Å². The molecule has 0 bridgehead atoms. The maximum atomic E-state index is 13.6. The minimum absolute atomic E-state index is 0.0865. The summed E-state index contributed by atoms with van der Waals surface area (Å²) >= 11 is 6.22. The van der Waals surface area contributed by atoms with Crippen LogP contribution in [0.3, 0.4) is 0 Å². The first-order chi connectivity index (χ1) is 19.2. The summed E-state index contributed by atoms with van der Waals surface area (Å²) in [5.41, 5.74) is 1.91. The Hall–Kier alpha value is -3.76. The van der Waals surface area contributed by atoms with Gasteiger partial charge in [-0.25, -0.2) is 14.6 Å². The molecule has 1 unspecified atom stereocenters. The number of nitrogens with zero attached hydrogens (tertiary/aromatic N) is 4. The molecule has 5 rings (SSSR count). The topological polar surface area (TPSA) is 92.9 Å². The number of amides is 1. The second-order valence-corrected chi connectivity index (χ2v) is 10.2. The average molecular weight is 570 g/mol. The standard InChI is InChI=1S/C29H27ClF3N5O2/c30-21-11-6-7-18(16-21)15-20-10-4-5-12-22-25(27(40)35-23(17-39)19-8-2-1-3-9-19)37-38(26(20)22)28-34-14-13-24(36-28)29(31,32)33/h1-3,6-9,11,13-14,16,20,23,39H,4-5,10,12,15,17H2,(H,35,40)/t20?,23-/m0/s1. The Bertz CT molecular complexity index is 1490. The van der Waals surface area contributed by atoms with Gasteiger partial charge in [0.05, 0.1) is 18.3 Å². The third-order valence-electron chi connectivity index (χ3n) is 7.04. The number of benzene rings is 2. The lowest BCUT2D eigenvalue weighted by molar-refractivity contribution is -0.141. The van der Waals surface area contributed by atoms with E-state index in [1.807, 2.05) is 24.3 Å². The van der Waals surface area contributed by atoms with E-state index in [0.717, 1.165) is 37.1 Å². The van der Waals surface area contributed by atoms with E-state index in [-0.39, 0.29) is 24.2 Å². The Kier molecular flexibility index (Phi) is 8.18. The largest absolute Gasteiger partial charge is 0.433 e. The van der Waals surface area contributed by atoms with Gasteiger partial charge in [-0.15, -0.1) is 0 Å². The summed E-state index contributed by atoms with van der Waals surface area (Å²) < 4.78 is 41.9. The molecule has 2 N–H and O–H groups in total. The molecule has 7 nitrogen and oxygen atoms in total. The van der Waals surface area contributed by atoms with Crippen molar-refractivity contribution in [2.75, 3.05) is 6.61 Å². The molecule has 1 aliphatic rings. The number of halogens is 4. The van der Waals surface area contributed by atoms with Crippen molar-refractivity contribution in [3.8, 4) is 5.95 Å². The van der Waals surface area contributed by atoms with Crippen molar-refractivity contribution in [3.05, 3.63) is 106 Å². The number of aromatic nitrogens is 4. The zero-order valence-corrected chi connectivity index (χ0v) is 22.2. The molecule has 0 fully saturated rings. The molecule has 1 aliphatic carbocycles. The van der Waals surface area contributed by atoms with E-state index in [0.29, 0.717) is 34.7 Å². The smallest absolute Gasteiger partial charge is 0.394 e. The Labute approximate surface area is 234 Å². The first-order valence-corrected chi connectivity index (χ1v) is 13.4. The van der Waals surface area contributed by atoms with Crippen LogP contribution in [0, 0.1) is 0 Å². The minimum atomic E-state index is -4.67. The van der Waals surface area contributed by atoms with Crippen LogP contribution in [-0.4, -0.2) is 37.4 Å². The maximum absolute atomic E-state index is 13.6. The number of nitrogens with one attached hydrogen (secondary N) is 1. The summed E-state index contributed by atoms with van der Waals surface area (Å²) in [6.45, 7) is -0.340. The van der Waals surface area contributed by atoms with Gasteiger partial charge in [0.15, 0.2) is 5.69 Å². The van der Waals surface area contributed by atoms with E-state index in [4.69, 9.17) is 11.6 Å². The number of hydrogen-bond acceptors (Lipinski definition) is 5. The van der Waals surface area contributed by atoms with Crippen molar-refractivity contribution in [1.82, 2.24) is 25.1 Å². The lowest BCUT2D eigenvalue weighted by Crippen LogP contribution is -2.31. The lowest BCUT2D eigenvalue weighted by Gasteiger charge is -2.18. The Balaban J connectivity index is 1.61. The zero-order chi connectivity index (χ0) is 28.3. The van der Waals surface area contributed by atoms with Gasteiger partial charge in [0.2, 0.25) is 0 Å². The van der Waals surface area contributed by atoms with E-state index in [9.17, 15) is 23.1 Å². The van der Waals surface area contributed by atoms with E-state index >= 15 is 0 Å². The molecule has 208 valence electrons. The molecule has 2 atom stereocenters. The fourth-order valence-corrected chi connectivity index (χ4v) is 5.41. The molecule has 0 aliphatic heterocycles. The molecule has 0 saturated heterocycles. The first kappa shape index (κ1) is 27.8. The Morgan fingerprint density at radius 1 is 1.12 bits per heavy atom. The van der Waals surface area contributed by atoms with Crippen LogP contribution in [0.15, 0.2) is 66.9 Å². The van der Waals surface area contributed by atoms with Crippen molar-refractivity contribution >= 4 is 17.5 Å². The average Bonchev–Trinajstić information content (AvgIpc) is 3.21. The second-order valence-electron chi connectivity index (χ2n) is 9.76. The first-order valence-electron chi connectivity index (χ1n) is 13.0. The van der Waals surface area contributed by atoms with Crippen molar-refractivity contribution in [2.24, 2.45) is 0 Å². The van der Waals surface area contributed by atoms with E-state index in [1.54, 1.807) is 30.3 Å². The van der Waals surface area contributed by atoms with Gasteiger partial charge in [-0.1, -0.05) is 60.5 Å². The zero-order valence-electron chi connectivity index (χ0n) is 21.4. The molecule has 4 aromatic rings. The van der Waals surface area contributed by atoms with Gasteiger partial charge in [-0.05, 0) is 55.0 Å². The highest BCUT2D eigenvalue weighted by atomic mass is 35.5. The van der Waals surface area contributed by atoms with Gasteiger partial charge in [-0.3, -0.25) is 4.79 Å². The molecule has 1 amide bonds. The van der Waals surface area contributed by atoms with Crippen LogP contribution in [0.2, 0.25) is 5.02 Å². The fraction of sp³-hybridized carbons (Fsp3) is 0.310. The molecule has 11 heteroatoms. The maximum Gasteiger partial charge on any atom is 0.433 e. The minimum Gasteiger partial charge on any atom is -0.394 e. The molecular formula is C29H27ClF3N5O2.